The average Bonchev–Trinajstić information content (AvgIpc) is 2.74. The van der Waals surface area contributed by atoms with Crippen LogP contribution in [-0.4, -0.2) is 5.78 Å². The second-order valence-corrected chi connectivity index (χ2v) is 10.1. The molecule has 3 heteroatoms. The van der Waals surface area contributed by atoms with Crippen molar-refractivity contribution in [2.75, 3.05) is 0 Å². The third-order valence-electron chi connectivity index (χ3n) is 5.88. The molecule has 0 radical (unpaired) electrons. The highest BCUT2D eigenvalue weighted by Gasteiger charge is 2.63. The summed E-state index contributed by atoms with van der Waals surface area (Å²) in [6, 6.07) is 8.36. The van der Waals surface area contributed by atoms with Gasteiger partial charge in [0.2, 0.25) is 0 Å². The Morgan fingerprint density at radius 1 is 1.19 bits per heavy atom. The van der Waals surface area contributed by atoms with E-state index in [1.165, 1.54) is 5.56 Å². The predicted octanol–water partition coefficient (Wildman–Crippen LogP) is 5.88. The first-order valence-corrected chi connectivity index (χ1v) is 9.25. The molecule has 112 valence electrons. The van der Waals surface area contributed by atoms with Gasteiger partial charge in [-0.2, -0.15) is 0 Å². The van der Waals surface area contributed by atoms with Crippen LogP contribution >= 0.6 is 31.9 Å². The van der Waals surface area contributed by atoms with Gasteiger partial charge < -0.3 is 0 Å². The van der Waals surface area contributed by atoms with Crippen molar-refractivity contribution >= 4 is 43.7 Å². The first kappa shape index (κ1) is 15.5. The number of carbonyl (C=O) groups is 1. The fraction of sp³-hybridized carbons (Fsp3) is 0.500. The number of rotatable bonds is 2. The molecule has 1 nitrogen and oxygen atoms in total. The molecule has 21 heavy (non-hydrogen) atoms. The summed E-state index contributed by atoms with van der Waals surface area (Å²) in [5.41, 5.74) is 3.27. The highest BCUT2D eigenvalue weighted by molar-refractivity contribution is 9.24. The lowest BCUT2D eigenvalue weighted by Crippen LogP contribution is -2.32. The van der Waals surface area contributed by atoms with E-state index in [4.69, 9.17) is 0 Å². The zero-order chi connectivity index (χ0) is 15.4. The second kappa shape index (κ2) is 5.06. The molecule has 2 bridgehead atoms. The summed E-state index contributed by atoms with van der Waals surface area (Å²) in [5, 5.41) is 0. The summed E-state index contributed by atoms with van der Waals surface area (Å²) in [6.07, 6.45) is 4.29. The van der Waals surface area contributed by atoms with Crippen molar-refractivity contribution in [3.05, 3.63) is 41.0 Å². The van der Waals surface area contributed by atoms with Crippen LogP contribution in [0.3, 0.4) is 0 Å². The Morgan fingerprint density at radius 3 is 2.29 bits per heavy atom. The van der Waals surface area contributed by atoms with Gasteiger partial charge in [0, 0.05) is 5.41 Å². The molecule has 0 aliphatic heterocycles. The molecule has 0 saturated heterocycles. The number of alkyl halides is 2. The molecule has 2 aliphatic rings. The third-order valence-corrected chi connectivity index (χ3v) is 6.93. The molecule has 2 aliphatic carbocycles. The largest absolute Gasteiger partial charge is 0.294 e. The molecular weight excluding hydrogens is 392 g/mol. The zero-order valence-electron chi connectivity index (χ0n) is 12.6. The Labute approximate surface area is 143 Å². The molecule has 2 fully saturated rings. The molecule has 0 heterocycles. The first-order chi connectivity index (χ1) is 9.77. The highest BCUT2D eigenvalue weighted by atomic mass is 79.9. The van der Waals surface area contributed by atoms with Crippen LogP contribution in [0.4, 0.5) is 0 Å². The van der Waals surface area contributed by atoms with Crippen molar-refractivity contribution in [2.45, 2.75) is 37.3 Å². The van der Waals surface area contributed by atoms with Gasteiger partial charge >= 0.3 is 0 Å². The molecule has 2 unspecified atom stereocenters. The van der Waals surface area contributed by atoms with Gasteiger partial charge in [0.25, 0.3) is 0 Å². The van der Waals surface area contributed by atoms with Crippen LogP contribution in [0, 0.1) is 16.7 Å². The summed E-state index contributed by atoms with van der Waals surface area (Å²) in [5.74, 6) is 0.779. The van der Waals surface area contributed by atoms with Crippen LogP contribution in [0.15, 0.2) is 29.8 Å². The van der Waals surface area contributed by atoms with Crippen molar-refractivity contribution in [3.63, 3.8) is 0 Å². The summed E-state index contributed by atoms with van der Waals surface area (Å²) in [6.45, 7) is 6.67. The van der Waals surface area contributed by atoms with Gasteiger partial charge in [0.05, 0.1) is 3.74 Å². The monoisotopic (exact) mass is 410 g/mol. The van der Waals surface area contributed by atoms with E-state index in [1.54, 1.807) is 0 Å². The minimum atomic E-state index is -0.166. The maximum absolute atomic E-state index is 12.8. The molecule has 2 atom stereocenters. The fourth-order valence-corrected chi connectivity index (χ4v) is 4.62. The topological polar surface area (TPSA) is 17.1 Å². The van der Waals surface area contributed by atoms with Gasteiger partial charge in [0.1, 0.15) is 0 Å². The lowest BCUT2D eigenvalue weighted by molar-refractivity contribution is -0.125. The lowest BCUT2D eigenvalue weighted by atomic mass is 9.70. The van der Waals surface area contributed by atoms with Gasteiger partial charge in [-0.1, -0.05) is 76.9 Å². The van der Waals surface area contributed by atoms with E-state index in [9.17, 15) is 4.79 Å². The van der Waals surface area contributed by atoms with E-state index >= 15 is 0 Å². The Morgan fingerprint density at radius 2 is 1.81 bits per heavy atom. The summed E-state index contributed by atoms with van der Waals surface area (Å²) in [4.78, 5) is 12.8. The number of allylic oxidation sites excluding steroid dienone is 1. The number of hydrogen-bond acceptors (Lipinski definition) is 1. The van der Waals surface area contributed by atoms with Crippen LogP contribution < -0.4 is 0 Å². The van der Waals surface area contributed by atoms with E-state index in [0.717, 1.165) is 24.0 Å². The smallest absolute Gasteiger partial charge is 0.165 e. The number of halogens is 2. The Hall–Kier alpha value is -0.410. The van der Waals surface area contributed by atoms with Gasteiger partial charge in [-0.05, 0) is 47.0 Å². The van der Waals surface area contributed by atoms with Crippen LogP contribution in [0.2, 0.25) is 0 Å². The number of ketones is 1. The number of Topliss-reactive ketones (excluding diaryl/α,β-unsaturated/α-hetero) is 1. The molecule has 0 aromatic heterocycles. The van der Waals surface area contributed by atoms with E-state index in [2.05, 4.69) is 83.0 Å². The quantitative estimate of drug-likeness (QED) is 0.438. The SMILES string of the molecule is CC12CCC(/C(=C/c3ccc(C(Br)Br)cc3)C1=O)C2(C)C. The van der Waals surface area contributed by atoms with E-state index < -0.39 is 0 Å². The first-order valence-electron chi connectivity index (χ1n) is 7.42. The van der Waals surface area contributed by atoms with Gasteiger partial charge in [-0.25, -0.2) is 0 Å². The third kappa shape index (κ3) is 2.19. The van der Waals surface area contributed by atoms with Gasteiger partial charge in [0.15, 0.2) is 5.78 Å². The Balaban J connectivity index is 1.96. The molecule has 0 spiro atoms. The summed E-state index contributed by atoms with van der Waals surface area (Å²) in [7, 11) is 0. The zero-order valence-corrected chi connectivity index (χ0v) is 15.8. The summed E-state index contributed by atoms with van der Waals surface area (Å²) >= 11 is 7.00. The van der Waals surface area contributed by atoms with Crippen molar-refractivity contribution < 1.29 is 4.79 Å². The maximum atomic E-state index is 12.8. The molecule has 1 aromatic carbocycles. The molecule has 0 N–H and O–H groups in total. The van der Waals surface area contributed by atoms with Crippen LogP contribution in [0.5, 0.6) is 0 Å². The highest BCUT2D eigenvalue weighted by Crippen LogP contribution is 2.65. The van der Waals surface area contributed by atoms with Crippen molar-refractivity contribution in [2.24, 2.45) is 16.7 Å². The minimum absolute atomic E-state index is 0.0900. The lowest BCUT2D eigenvalue weighted by Gasteiger charge is -2.31. The number of carbonyl (C=O) groups excluding carboxylic acids is 1. The van der Waals surface area contributed by atoms with Crippen molar-refractivity contribution in [1.29, 1.82) is 0 Å². The number of benzene rings is 1. The number of fused-ring (bicyclic) bond motifs is 2. The van der Waals surface area contributed by atoms with E-state index in [1.807, 2.05) is 0 Å². The Kier molecular flexibility index (Phi) is 3.73. The van der Waals surface area contributed by atoms with E-state index in [-0.39, 0.29) is 14.6 Å². The number of hydrogen-bond donors (Lipinski definition) is 0. The van der Waals surface area contributed by atoms with Gasteiger partial charge in [-0.3, -0.25) is 4.79 Å². The predicted molar refractivity (Wildman–Crippen MR) is 94.6 cm³/mol. The van der Waals surface area contributed by atoms with Crippen LogP contribution in [0.1, 0.15) is 48.5 Å². The van der Waals surface area contributed by atoms with Crippen molar-refractivity contribution in [1.82, 2.24) is 0 Å². The summed E-state index contributed by atoms with van der Waals surface area (Å²) < 4.78 is 0.175. The van der Waals surface area contributed by atoms with Crippen LogP contribution in [-0.2, 0) is 4.79 Å². The van der Waals surface area contributed by atoms with Crippen molar-refractivity contribution in [3.8, 4) is 0 Å². The molecule has 1 aromatic rings. The average molecular weight is 412 g/mol. The molecule has 0 amide bonds. The van der Waals surface area contributed by atoms with Gasteiger partial charge in [-0.15, -0.1) is 0 Å². The Bertz CT molecular complexity index is 613. The molecule has 2 saturated carbocycles. The standard InChI is InChI=1S/C18H20Br2O/c1-17(2)14-8-9-18(17,3)15(21)13(14)10-11-4-6-12(7-5-11)16(19)20/h4-7,10,14,16H,8-9H2,1-3H3/b13-10-. The fourth-order valence-electron chi connectivity index (χ4n) is 4.01. The normalized spacial score (nSPS) is 32.4. The van der Waals surface area contributed by atoms with Crippen LogP contribution in [0.25, 0.3) is 6.08 Å². The second-order valence-electron chi connectivity index (χ2n) is 7.04. The minimum Gasteiger partial charge on any atom is -0.294 e. The molecular formula is C18H20Br2O. The maximum Gasteiger partial charge on any atom is 0.165 e. The molecule has 3 rings (SSSR count). The van der Waals surface area contributed by atoms with E-state index in [0.29, 0.717) is 11.7 Å².